The minimum atomic E-state index is -3.88. The predicted molar refractivity (Wildman–Crippen MR) is 106 cm³/mol. The molecule has 6 N–H and O–H groups in total. The van der Waals surface area contributed by atoms with Crippen LogP contribution in [0.25, 0.3) is 0 Å². The lowest BCUT2D eigenvalue weighted by Crippen LogP contribution is -2.30. The summed E-state index contributed by atoms with van der Waals surface area (Å²) in [6.45, 7) is 3.85. The van der Waals surface area contributed by atoms with Gasteiger partial charge in [-0.05, 0) is 48.0 Å². The number of nitrogens with zero attached hydrogens (tertiary/aromatic N) is 1. The van der Waals surface area contributed by atoms with Crippen LogP contribution < -0.4 is 20.9 Å². The summed E-state index contributed by atoms with van der Waals surface area (Å²) < 4.78 is 23.3. The van der Waals surface area contributed by atoms with Gasteiger partial charge in [-0.1, -0.05) is 19.9 Å². The Balaban J connectivity index is 2.10. The maximum Gasteiger partial charge on any atom is 0.238 e. The number of nitrogens with two attached hydrogens (primary N) is 1. The summed E-state index contributed by atoms with van der Waals surface area (Å²) in [4.78, 5) is 1.58. The predicted octanol–water partition coefficient (Wildman–Crippen LogP) is 1.77. The van der Waals surface area contributed by atoms with Gasteiger partial charge in [-0.3, -0.25) is 10.3 Å². The summed E-state index contributed by atoms with van der Waals surface area (Å²) in [6, 6.07) is 9.02. The fourth-order valence-corrected chi connectivity index (χ4v) is 3.78. The minimum absolute atomic E-state index is 0.00237. The number of nitrogens with one attached hydrogen (secondary N) is 2. The molecule has 1 aliphatic rings. The first kappa shape index (κ1) is 19.4. The molecule has 0 spiro atoms. The Hall–Kier alpha value is -2.40. The first-order valence-electron chi connectivity index (χ1n) is 8.13. The lowest BCUT2D eigenvalue weighted by molar-refractivity contribution is 0.431. The van der Waals surface area contributed by atoms with Crippen molar-refractivity contribution in [1.29, 1.82) is 0 Å². The van der Waals surface area contributed by atoms with Crippen molar-refractivity contribution in [2.24, 2.45) is 5.14 Å². The summed E-state index contributed by atoms with van der Waals surface area (Å²) in [5.74, 6) is -0.0825. The van der Waals surface area contributed by atoms with Crippen molar-refractivity contribution in [2.45, 2.75) is 30.8 Å². The number of phenolic OH excluding ortho intramolecular Hbond substituents is 2. The number of primary sulfonamides is 1. The molecule has 0 radical (unpaired) electrons. The van der Waals surface area contributed by atoms with Crippen molar-refractivity contribution >= 4 is 33.0 Å². The second kappa shape index (κ2) is 6.97. The lowest BCUT2D eigenvalue weighted by Gasteiger charge is -2.26. The number of hydrogen-bond donors (Lipinski definition) is 5. The molecule has 1 atom stereocenters. The molecule has 1 unspecified atom stereocenters. The molecule has 2 aromatic carbocycles. The standard InChI is InChI=1S/C17H20N4O4S2/c1-9(2)12-7-13(15(23)8-14(12)22)16-19-20-17(26)21(16)10-4-3-5-11(6-10)27(18,24)25/h3-9,16,19,22-23H,1-2H3,(H,20,26)(H2,18,24,25). The third-order valence-corrected chi connectivity index (χ3v) is 5.52. The second-order valence-electron chi connectivity index (χ2n) is 6.51. The van der Waals surface area contributed by atoms with Gasteiger partial charge in [0.05, 0.1) is 4.90 Å². The molecule has 8 nitrogen and oxygen atoms in total. The summed E-state index contributed by atoms with van der Waals surface area (Å²) in [7, 11) is -3.88. The summed E-state index contributed by atoms with van der Waals surface area (Å²) in [6.07, 6.45) is -0.619. The van der Waals surface area contributed by atoms with Crippen LogP contribution >= 0.6 is 12.2 Å². The highest BCUT2D eigenvalue weighted by Gasteiger charge is 2.33. The van der Waals surface area contributed by atoms with E-state index in [2.05, 4.69) is 10.9 Å². The number of anilines is 1. The van der Waals surface area contributed by atoms with Gasteiger partial charge in [0, 0.05) is 17.3 Å². The Morgan fingerprint density at radius 1 is 1.19 bits per heavy atom. The number of hydrazine groups is 1. The van der Waals surface area contributed by atoms with Crippen LogP contribution in [-0.4, -0.2) is 23.7 Å². The SMILES string of the molecule is CC(C)c1cc(C2NNC(=S)N2c2cccc(S(N)(=O)=O)c2)c(O)cc1O. The first-order valence-corrected chi connectivity index (χ1v) is 10.1. The zero-order chi connectivity index (χ0) is 19.9. The van der Waals surface area contributed by atoms with Crippen molar-refractivity contribution in [1.82, 2.24) is 10.9 Å². The van der Waals surface area contributed by atoms with Crippen LogP contribution in [0.3, 0.4) is 0 Å². The van der Waals surface area contributed by atoms with E-state index in [1.807, 2.05) is 13.8 Å². The number of sulfonamides is 1. The van der Waals surface area contributed by atoms with Gasteiger partial charge < -0.3 is 10.2 Å². The van der Waals surface area contributed by atoms with E-state index in [0.29, 0.717) is 21.9 Å². The highest BCUT2D eigenvalue weighted by atomic mass is 32.2. The Bertz CT molecular complexity index is 1010. The van der Waals surface area contributed by atoms with Crippen LogP contribution in [-0.2, 0) is 10.0 Å². The molecule has 1 aliphatic heterocycles. The van der Waals surface area contributed by atoms with Gasteiger partial charge in [-0.2, -0.15) is 0 Å². The van der Waals surface area contributed by atoms with Crippen LogP contribution in [0.5, 0.6) is 11.5 Å². The second-order valence-corrected chi connectivity index (χ2v) is 8.46. The number of benzene rings is 2. The molecule has 27 heavy (non-hydrogen) atoms. The first-order chi connectivity index (χ1) is 12.6. The van der Waals surface area contributed by atoms with Gasteiger partial charge >= 0.3 is 0 Å². The largest absolute Gasteiger partial charge is 0.508 e. The monoisotopic (exact) mass is 408 g/mol. The van der Waals surface area contributed by atoms with E-state index in [4.69, 9.17) is 17.4 Å². The third-order valence-electron chi connectivity index (χ3n) is 4.31. The van der Waals surface area contributed by atoms with Crippen LogP contribution in [0, 0.1) is 0 Å². The van der Waals surface area contributed by atoms with E-state index in [1.165, 1.54) is 18.2 Å². The average Bonchev–Trinajstić information content (AvgIpc) is 2.95. The lowest BCUT2D eigenvalue weighted by atomic mass is 9.97. The van der Waals surface area contributed by atoms with Gasteiger partial charge in [0.25, 0.3) is 0 Å². The summed E-state index contributed by atoms with van der Waals surface area (Å²) in [5.41, 5.74) is 7.41. The molecule has 10 heteroatoms. The molecule has 0 bridgehead atoms. The van der Waals surface area contributed by atoms with Crippen molar-refractivity contribution in [3.63, 3.8) is 0 Å². The molecular weight excluding hydrogens is 388 g/mol. The normalized spacial score (nSPS) is 17.4. The molecule has 0 aromatic heterocycles. The van der Waals surface area contributed by atoms with Crippen LogP contribution in [0.2, 0.25) is 0 Å². The minimum Gasteiger partial charge on any atom is -0.508 e. The summed E-state index contributed by atoms with van der Waals surface area (Å²) in [5, 5.41) is 26.0. The van der Waals surface area contributed by atoms with Crippen LogP contribution in [0.1, 0.15) is 37.1 Å². The number of aromatic hydroxyl groups is 2. The highest BCUT2D eigenvalue weighted by Crippen LogP contribution is 2.38. The molecule has 0 amide bonds. The highest BCUT2D eigenvalue weighted by molar-refractivity contribution is 7.89. The van der Waals surface area contributed by atoms with Crippen LogP contribution in [0.4, 0.5) is 5.69 Å². The van der Waals surface area contributed by atoms with Gasteiger partial charge in [0.15, 0.2) is 5.11 Å². The number of rotatable bonds is 4. The fraction of sp³-hybridized carbons (Fsp3) is 0.235. The van der Waals surface area contributed by atoms with E-state index in [-0.39, 0.29) is 22.3 Å². The molecule has 1 heterocycles. The Morgan fingerprint density at radius 2 is 1.89 bits per heavy atom. The fourth-order valence-electron chi connectivity index (χ4n) is 2.96. The summed E-state index contributed by atoms with van der Waals surface area (Å²) >= 11 is 5.33. The smallest absolute Gasteiger partial charge is 0.238 e. The van der Waals surface area contributed by atoms with Crippen LogP contribution in [0.15, 0.2) is 41.3 Å². The Kier molecular flexibility index (Phi) is 5.00. The van der Waals surface area contributed by atoms with Crippen molar-refractivity contribution in [2.75, 3.05) is 4.90 Å². The Morgan fingerprint density at radius 3 is 2.52 bits per heavy atom. The maximum absolute atomic E-state index is 11.7. The average molecular weight is 409 g/mol. The molecular formula is C17H20N4O4S2. The van der Waals surface area contributed by atoms with Gasteiger partial charge in [0.2, 0.25) is 10.0 Å². The van der Waals surface area contributed by atoms with Gasteiger partial charge in [-0.25, -0.2) is 19.0 Å². The van der Waals surface area contributed by atoms with Crippen molar-refractivity contribution < 1.29 is 18.6 Å². The molecule has 2 aromatic rings. The molecule has 1 fully saturated rings. The molecule has 3 rings (SSSR count). The van der Waals surface area contributed by atoms with E-state index >= 15 is 0 Å². The Labute approximate surface area is 162 Å². The van der Waals surface area contributed by atoms with E-state index in [1.54, 1.807) is 23.1 Å². The van der Waals surface area contributed by atoms with Gasteiger partial charge in [0.1, 0.15) is 17.7 Å². The van der Waals surface area contributed by atoms with E-state index in [9.17, 15) is 18.6 Å². The number of thiocarbonyl (C=S) groups is 1. The number of hydrogen-bond acceptors (Lipinski definition) is 6. The zero-order valence-electron chi connectivity index (χ0n) is 14.7. The number of phenols is 2. The third kappa shape index (κ3) is 3.69. The molecule has 0 saturated carbocycles. The van der Waals surface area contributed by atoms with Crippen molar-refractivity contribution in [3.05, 3.63) is 47.5 Å². The zero-order valence-corrected chi connectivity index (χ0v) is 16.3. The molecule has 1 saturated heterocycles. The maximum atomic E-state index is 11.7. The van der Waals surface area contributed by atoms with E-state index < -0.39 is 16.2 Å². The topological polar surface area (TPSA) is 128 Å². The molecule has 0 aliphatic carbocycles. The molecule has 144 valence electrons. The van der Waals surface area contributed by atoms with Gasteiger partial charge in [-0.15, -0.1) is 0 Å². The van der Waals surface area contributed by atoms with E-state index in [0.717, 1.165) is 0 Å². The van der Waals surface area contributed by atoms with Crippen molar-refractivity contribution in [3.8, 4) is 11.5 Å². The quantitative estimate of drug-likeness (QED) is 0.484.